The average Bonchev–Trinajstić information content (AvgIpc) is 4.10. The summed E-state index contributed by atoms with van der Waals surface area (Å²) < 4.78 is 112. The van der Waals surface area contributed by atoms with Crippen LogP contribution in [-0.4, -0.2) is 31.0 Å². The Balaban J connectivity index is 1.45. The Morgan fingerprint density at radius 2 is 0.879 bits per heavy atom. The summed E-state index contributed by atoms with van der Waals surface area (Å²) in [5.41, 5.74) is -4.56. The zero-order valence-corrected chi connectivity index (χ0v) is 40.6. The van der Waals surface area contributed by atoms with Gasteiger partial charge in [-0.15, -0.1) is 45.3 Å². The number of hydrogen-bond donors (Lipinski definition) is 0. The normalized spacial score (nSPS) is 16.8. The first-order valence-corrected chi connectivity index (χ1v) is 25.0. The van der Waals surface area contributed by atoms with Gasteiger partial charge in [0.2, 0.25) is 0 Å². The molecule has 0 N–H and O–H groups in total. The van der Waals surface area contributed by atoms with E-state index in [4.69, 9.17) is 20.0 Å². The quantitative estimate of drug-likeness (QED) is 0.0806. The van der Waals surface area contributed by atoms with E-state index in [0.29, 0.717) is 93.9 Å². The van der Waals surface area contributed by atoms with Crippen LogP contribution in [0.2, 0.25) is 0 Å². The van der Waals surface area contributed by atoms with Gasteiger partial charge in [-0.05, 0) is 108 Å². The third-order valence-corrected chi connectivity index (χ3v) is 17.9. The number of benzene rings is 2. The largest absolute Gasteiger partial charge is 0.494 e. The number of unbranched alkanes of at least 4 members (excludes halogenated alkanes) is 4. The van der Waals surface area contributed by atoms with Crippen LogP contribution >= 0.6 is 45.3 Å². The third-order valence-electron chi connectivity index (χ3n) is 12.0. The second kappa shape index (κ2) is 17.7. The molecule has 0 bridgehead atoms. The first kappa shape index (κ1) is 47.6. The van der Waals surface area contributed by atoms with E-state index in [1.165, 1.54) is 34.8 Å². The highest BCUT2D eigenvalue weighted by molar-refractivity contribution is 7.24. The van der Waals surface area contributed by atoms with Gasteiger partial charge in [-0.3, -0.25) is 0 Å². The number of thiophene rings is 4. The number of allylic oxidation sites excluding steroid dienone is 2. The predicted molar refractivity (Wildman–Crippen MR) is 256 cm³/mol. The molecule has 0 radical (unpaired) electrons. The molecule has 0 saturated heterocycles. The second-order valence-corrected chi connectivity index (χ2v) is 23.0. The molecule has 2 aromatic carbocycles. The van der Waals surface area contributed by atoms with Crippen LogP contribution in [0.25, 0.3) is 30.7 Å². The van der Waals surface area contributed by atoms with Crippen molar-refractivity contribution in [1.29, 1.82) is 10.5 Å². The maximum Gasteiger partial charge on any atom is 0.380 e. The lowest BCUT2D eigenvalue weighted by molar-refractivity contribution is -0.254. The molecule has 0 spiro atoms. The number of rotatable bonds is 14. The summed E-state index contributed by atoms with van der Waals surface area (Å²) in [6.45, 7) is 13.0. The van der Waals surface area contributed by atoms with Crippen LogP contribution in [0.4, 0.5) is 26.3 Å². The first-order chi connectivity index (χ1) is 31.2. The van der Waals surface area contributed by atoms with Gasteiger partial charge in [0.25, 0.3) is 0 Å². The molecule has 344 valence electrons. The van der Waals surface area contributed by atoms with Crippen molar-refractivity contribution in [2.24, 2.45) is 0 Å². The Labute approximate surface area is 397 Å². The zero-order chi connectivity index (χ0) is 47.5. The average molecular weight is 975 g/mol. The fraction of sp³-hybridized carbons (Fsp3) is 0.385. The topological polar surface area (TPSA) is 66.0 Å². The highest BCUT2D eigenvalue weighted by Gasteiger charge is 2.81. The van der Waals surface area contributed by atoms with Gasteiger partial charge in [0, 0.05) is 74.1 Å². The van der Waals surface area contributed by atoms with Crippen LogP contribution in [0.15, 0.2) is 84.9 Å². The van der Waals surface area contributed by atoms with E-state index in [-0.39, 0.29) is 31.7 Å². The molecule has 0 unspecified atom stereocenters. The molecular weight excluding hydrogens is 927 g/mol. The minimum Gasteiger partial charge on any atom is -0.494 e. The molecule has 0 amide bonds. The zero-order valence-electron chi connectivity index (χ0n) is 37.4. The van der Waals surface area contributed by atoms with Gasteiger partial charge in [-0.2, -0.15) is 36.9 Å². The van der Waals surface area contributed by atoms with Crippen molar-refractivity contribution in [3.8, 4) is 43.1 Å². The summed E-state index contributed by atoms with van der Waals surface area (Å²) in [5.74, 6) is -15.3. The number of fused-ring (bicyclic) bond motifs is 4. The van der Waals surface area contributed by atoms with Crippen molar-refractivity contribution in [1.82, 2.24) is 0 Å². The van der Waals surface area contributed by atoms with E-state index in [1.807, 2.05) is 65.8 Å². The van der Waals surface area contributed by atoms with Crippen LogP contribution in [0.3, 0.4) is 0 Å². The minimum atomic E-state index is -5.74. The number of hydrogen-bond acceptors (Lipinski definition) is 8. The highest BCUT2D eigenvalue weighted by Crippen LogP contribution is 2.70. The third kappa shape index (κ3) is 8.10. The Bertz CT molecular complexity index is 2660. The Morgan fingerprint density at radius 1 is 0.500 bits per heavy atom. The molecule has 14 heteroatoms. The Kier molecular flexibility index (Phi) is 12.7. The molecule has 66 heavy (non-hydrogen) atoms. The predicted octanol–water partition coefficient (Wildman–Crippen LogP) is 16.5. The summed E-state index contributed by atoms with van der Waals surface area (Å²) in [7, 11) is 0. The van der Waals surface area contributed by atoms with Crippen molar-refractivity contribution in [2.45, 2.75) is 114 Å². The van der Waals surface area contributed by atoms with Crippen molar-refractivity contribution in [3.63, 3.8) is 0 Å². The fourth-order valence-corrected chi connectivity index (χ4v) is 13.7. The van der Waals surface area contributed by atoms with Crippen LogP contribution in [-0.2, 0) is 16.2 Å². The molecule has 2 aliphatic rings. The summed E-state index contributed by atoms with van der Waals surface area (Å²) in [6, 6.07) is 28.9. The first-order valence-electron chi connectivity index (χ1n) is 21.8. The molecule has 2 aliphatic carbocycles. The van der Waals surface area contributed by atoms with E-state index >= 15 is 26.3 Å². The van der Waals surface area contributed by atoms with Gasteiger partial charge in [0.05, 0.1) is 30.8 Å². The maximum atomic E-state index is 17.0. The van der Waals surface area contributed by atoms with Crippen LogP contribution in [0.5, 0.6) is 11.5 Å². The molecule has 4 heterocycles. The molecule has 6 aromatic rings. The summed E-state index contributed by atoms with van der Waals surface area (Å²) in [6.07, 6.45) is 3.36. The van der Waals surface area contributed by atoms with E-state index in [0.717, 1.165) is 32.4 Å². The molecule has 0 atom stereocenters. The highest BCUT2D eigenvalue weighted by atomic mass is 32.1. The van der Waals surface area contributed by atoms with Gasteiger partial charge in [-0.1, -0.05) is 65.8 Å². The lowest BCUT2D eigenvalue weighted by atomic mass is 9.70. The van der Waals surface area contributed by atoms with Gasteiger partial charge in [0.1, 0.15) is 11.5 Å². The lowest BCUT2D eigenvalue weighted by Crippen LogP contribution is -2.49. The maximum absolute atomic E-state index is 17.0. The van der Waals surface area contributed by atoms with Gasteiger partial charge < -0.3 is 9.47 Å². The summed E-state index contributed by atoms with van der Waals surface area (Å²) >= 11 is 5.18. The van der Waals surface area contributed by atoms with E-state index in [1.54, 1.807) is 48.5 Å². The number of nitrogens with zero attached hydrogens (tertiary/aromatic N) is 2. The van der Waals surface area contributed by atoms with Crippen molar-refractivity contribution in [3.05, 3.63) is 127 Å². The molecule has 0 aliphatic heterocycles. The van der Waals surface area contributed by atoms with E-state index < -0.39 is 34.3 Å². The van der Waals surface area contributed by atoms with Gasteiger partial charge in [0.15, 0.2) is 0 Å². The van der Waals surface area contributed by atoms with Crippen molar-refractivity contribution >= 4 is 56.5 Å². The molecular formula is C52H48F6N2O2S4. The second-order valence-electron chi connectivity index (χ2n) is 18.7. The standard InChI is InChI=1S/C52H48F6N2O2S4/c1-47(2,3)41-23-21-37(63-41)39-29-35-43-44(51(55,56)52(57,58)50(43,53)54)36-30-40(38-22-24-42(64-38)48(4,5)6)66-46(36)49(45(35)65-39,31-13-17-33(18-14-31)61-27-11-7-9-25-59)32-15-19-34(20-16-32)62-28-12-8-10-26-60/h13-24,29-30H,7-12,27-28H2,1-6H3. The Hall–Kier alpha value is -4.86. The number of halogens is 6. The van der Waals surface area contributed by atoms with Crippen molar-refractivity contribution in [2.75, 3.05) is 13.2 Å². The number of nitriles is 2. The molecule has 4 aromatic heterocycles. The number of alkyl halides is 6. The molecule has 0 fully saturated rings. The summed E-state index contributed by atoms with van der Waals surface area (Å²) in [4.78, 5) is 4.74. The van der Waals surface area contributed by atoms with E-state index in [9.17, 15) is 0 Å². The molecule has 0 saturated carbocycles. The lowest BCUT2D eigenvalue weighted by Gasteiger charge is -2.36. The fourth-order valence-electron chi connectivity index (χ4n) is 8.52. The van der Waals surface area contributed by atoms with E-state index in [2.05, 4.69) is 12.1 Å². The number of ether oxygens (including phenoxy) is 2. The molecule has 8 rings (SSSR count). The minimum absolute atomic E-state index is 0.202. The SMILES string of the molecule is CC(C)(C)c1ccc(-c2cc3c(s2)C(c2ccc(OCCCCC#N)cc2)(c2ccc(OCCCCC#N)cc2)c2sc(-c4ccc(C(C)(C)C)s4)cc2C2=C3C(F)(F)C(F)(F)C2(F)F)s1. The molecule has 4 nitrogen and oxygen atoms in total. The van der Waals surface area contributed by atoms with Crippen LogP contribution < -0.4 is 9.47 Å². The van der Waals surface area contributed by atoms with Crippen LogP contribution in [0.1, 0.15) is 122 Å². The van der Waals surface area contributed by atoms with Crippen LogP contribution in [0, 0.1) is 22.7 Å². The monoisotopic (exact) mass is 974 g/mol. The van der Waals surface area contributed by atoms with Gasteiger partial charge >= 0.3 is 17.8 Å². The smallest absolute Gasteiger partial charge is 0.380 e. The Morgan fingerprint density at radius 3 is 1.21 bits per heavy atom. The summed E-state index contributed by atoms with van der Waals surface area (Å²) in [5, 5.41) is 18.0. The van der Waals surface area contributed by atoms with Gasteiger partial charge in [-0.25, -0.2) is 0 Å². The van der Waals surface area contributed by atoms with Crippen molar-refractivity contribution < 1.29 is 35.8 Å².